The molecule has 4 heterocycles. The molecule has 0 aliphatic carbocycles. The van der Waals surface area contributed by atoms with E-state index >= 15 is 0 Å². The quantitative estimate of drug-likeness (QED) is 0.153. The molecular formula is C32H27N3O9S2. The number of hydrogen-bond donors (Lipinski definition) is 1. The van der Waals surface area contributed by atoms with Crippen LogP contribution in [0, 0.1) is 0 Å². The lowest BCUT2D eigenvalue weighted by Crippen LogP contribution is -2.73. The van der Waals surface area contributed by atoms with Gasteiger partial charge in [-0.25, -0.2) is 9.79 Å². The third-order valence-electron chi connectivity index (χ3n) is 7.11. The highest BCUT2D eigenvalue weighted by atomic mass is 32.2. The summed E-state index contributed by atoms with van der Waals surface area (Å²) in [4.78, 5) is 56.6. The highest BCUT2D eigenvalue weighted by molar-refractivity contribution is 7.86. The fourth-order valence-corrected chi connectivity index (χ4v) is 7.37. The maximum absolute atomic E-state index is 13.3. The van der Waals surface area contributed by atoms with Crippen LogP contribution in [0.25, 0.3) is 6.58 Å². The fourth-order valence-electron chi connectivity index (χ4n) is 5.03. The summed E-state index contributed by atoms with van der Waals surface area (Å²) in [7, 11) is -1.66. The number of rotatable bonds is 10. The zero-order chi connectivity index (χ0) is 32.4. The number of allylic oxidation sites excluding steroid dienone is 1. The van der Waals surface area contributed by atoms with Crippen LogP contribution in [0.5, 0.6) is 17.2 Å². The molecule has 12 nitrogen and oxygen atoms in total. The molecule has 1 fully saturated rings. The number of carbonyl (C=O) groups is 4. The summed E-state index contributed by atoms with van der Waals surface area (Å²) in [5, 5.41) is 5.02. The molecule has 0 spiro atoms. The van der Waals surface area contributed by atoms with Crippen molar-refractivity contribution in [2.75, 3.05) is 19.2 Å². The number of carbonyl (C=O) groups excluding carboxylic acids is 4. The van der Waals surface area contributed by atoms with E-state index in [0.717, 1.165) is 21.9 Å². The largest absolute Gasteiger partial charge is 0.489 e. The highest BCUT2D eigenvalue weighted by Crippen LogP contribution is 2.37. The summed E-state index contributed by atoms with van der Waals surface area (Å²) in [5.74, 6) is -1.11. The number of nitrogens with zero attached hydrogens (tertiary/aromatic N) is 2. The van der Waals surface area contributed by atoms with Crippen LogP contribution in [0.1, 0.15) is 11.8 Å². The van der Waals surface area contributed by atoms with Crippen LogP contribution in [-0.4, -0.2) is 63.4 Å². The van der Waals surface area contributed by atoms with Crippen molar-refractivity contribution in [1.29, 1.82) is 0 Å². The molecule has 46 heavy (non-hydrogen) atoms. The van der Waals surface area contributed by atoms with Crippen LogP contribution >= 0.6 is 11.3 Å². The number of amides is 2. The molecule has 3 aliphatic heterocycles. The third kappa shape index (κ3) is 6.48. The van der Waals surface area contributed by atoms with Crippen molar-refractivity contribution in [2.45, 2.75) is 24.8 Å². The standard InChI is InChI=1S/C32H27N3O9S2/c1-18-7-9-23-25(13-18)44-26-14-21(8-10-24(26)33-23)41-11-3-5-20-16-46(40)31-28(34-27(37)15-22-6-4-12-45-22)30(38)35(31)29(20)32(39)43-17-42-19(2)36/h3-10,12-14,28,31H,1,11,15-17H2,2H3,(H,34,37)/b5-3-/t28-,31-,46+/m1/s1. The Balaban J connectivity index is 1.17. The van der Waals surface area contributed by atoms with Crippen molar-refractivity contribution in [2.24, 2.45) is 4.99 Å². The lowest BCUT2D eigenvalue weighted by atomic mass is 10.0. The zero-order valence-electron chi connectivity index (χ0n) is 24.4. The number of ether oxygens (including phenoxy) is 4. The van der Waals surface area contributed by atoms with Gasteiger partial charge in [-0.1, -0.05) is 24.8 Å². The van der Waals surface area contributed by atoms with Gasteiger partial charge in [0, 0.05) is 17.9 Å². The van der Waals surface area contributed by atoms with E-state index in [4.69, 9.17) is 18.9 Å². The van der Waals surface area contributed by atoms with Crippen molar-refractivity contribution < 1.29 is 42.3 Å². The maximum Gasteiger partial charge on any atom is 0.358 e. The van der Waals surface area contributed by atoms with Gasteiger partial charge in [-0.15, -0.1) is 11.3 Å². The average Bonchev–Trinajstić information content (AvgIpc) is 3.53. The number of β-lactam (4-membered cyclic amide) rings is 1. The predicted molar refractivity (Wildman–Crippen MR) is 167 cm³/mol. The Hall–Kier alpha value is -5.08. The van der Waals surface area contributed by atoms with E-state index in [1.54, 1.807) is 36.4 Å². The second kappa shape index (κ2) is 13.1. The lowest BCUT2D eigenvalue weighted by Gasteiger charge is -2.49. The molecule has 6 rings (SSSR count). The van der Waals surface area contributed by atoms with Gasteiger partial charge in [0.05, 0.1) is 23.0 Å². The van der Waals surface area contributed by atoms with E-state index in [1.807, 2.05) is 23.6 Å². The van der Waals surface area contributed by atoms with Gasteiger partial charge in [-0.3, -0.25) is 23.5 Å². The van der Waals surface area contributed by atoms with Gasteiger partial charge in [-0.05, 0) is 52.6 Å². The van der Waals surface area contributed by atoms with Crippen LogP contribution in [-0.2, 0) is 45.9 Å². The first kappa shape index (κ1) is 30.9. The number of benzene rings is 2. The topological polar surface area (TPSA) is 150 Å². The van der Waals surface area contributed by atoms with E-state index in [1.165, 1.54) is 17.4 Å². The molecule has 1 aromatic heterocycles. The van der Waals surface area contributed by atoms with Crippen LogP contribution in [0.2, 0.25) is 0 Å². The maximum atomic E-state index is 13.3. The van der Waals surface area contributed by atoms with Crippen molar-refractivity contribution >= 4 is 58.2 Å². The second-order valence-corrected chi connectivity index (χ2v) is 12.9. The van der Waals surface area contributed by atoms with E-state index < -0.39 is 52.8 Å². The Morgan fingerprint density at radius 2 is 2.02 bits per heavy atom. The lowest BCUT2D eigenvalue weighted by molar-refractivity contribution is -0.166. The summed E-state index contributed by atoms with van der Waals surface area (Å²) in [6, 6.07) is 13.2. The summed E-state index contributed by atoms with van der Waals surface area (Å²) < 4.78 is 35.0. The van der Waals surface area contributed by atoms with E-state index in [2.05, 4.69) is 16.9 Å². The van der Waals surface area contributed by atoms with Gasteiger partial charge in [-0.2, -0.15) is 0 Å². The first-order valence-electron chi connectivity index (χ1n) is 14.0. The van der Waals surface area contributed by atoms with E-state index in [0.29, 0.717) is 28.3 Å². The Labute approximate surface area is 269 Å². The molecule has 0 bridgehead atoms. The minimum Gasteiger partial charge on any atom is -0.489 e. The van der Waals surface area contributed by atoms with Crippen LogP contribution in [0.4, 0.5) is 5.69 Å². The summed E-state index contributed by atoms with van der Waals surface area (Å²) >= 11 is 1.40. The SMILES string of the molecule is C=c1ccc2c(c1)Oc1cc(OC/C=C\C3=C(C(=O)OCOC(C)=O)N4C(=O)[C@@H](NC(=O)Cc5cccs5)[C@H]4[S@@](=O)C3)ccc1N=2. The fraction of sp³-hybridized carbons (Fsp3) is 0.219. The van der Waals surface area contributed by atoms with Crippen LogP contribution in [0.3, 0.4) is 0 Å². The van der Waals surface area contributed by atoms with Crippen LogP contribution < -0.4 is 25.4 Å². The van der Waals surface area contributed by atoms with Gasteiger partial charge in [0.1, 0.15) is 40.5 Å². The molecule has 3 aromatic rings. The molecular weight excluding hydrogens is 634 g/mol. The van der Waals surface area contributed by atoms with Crippen molar-refractivity contribution in [3.05, 3.63) is 92.8 Å². The smallest absolute Gasteiger partial charge is 0.358 e. The number of fused-ring (bicyclic) bond motifs is 3. The van der Waals surface area contributed by atoms with Crippen molar-refractivity contribution in [3.8, 4) is 17.2 Å². The molecule has 2 aromatic carbocycles. The molecule has 0 saturated carbocycles. The molecule has 3 atom stereocenters. The highest BCUT2D eigenvalue weighted by Gasteiger charge is 2.57. The van der Waals surface area contributed by atoms with Gasteiger partial charge in [0.2, 0.25) is 12.7 Å². The van der Waals surface area contributed by atoms with Gasteiger partial charge in [0.25, 0.3) is 5.91 Å². The Morgan fingerprint density at radius 1 is 1.17 bits per heavy atom. The molecule has 14 heteroatoms. The number of thiophene rings is 1. The number of esters is 2. The average molecular weight is 662 g/mol. The van der Waals surface area contributed by atoms with Crippen molar-refractivity contribution in [3.63, 3.8) is 0 Å². The number of nitrogens with one attached hydrogen (secondary N) is 1. The Morgan fingerprint density at radius 3 is 2.80 bits per heavy atom. The van der Waals surface area contributed by atoms with Gasteiger partial charge in [0.15, 0.2) is 11.5 Å². The van der Waals surface area contributed by atoms with Crippen LogP contribution in [0.15, 0.2) is 82.3 Å². The van der Waals surface area contributed by atoms with E-state index in [9.17, 15) is 23.4 Å². The normalized spacial score (nSPS) is 19.5. The molecule has 3 aliphatic rings. The summed E-state index contributed by atoms with van der Waals surface area (Å²) in [6.45, 7) is 4.46. The molecule has 0 unspecified atom stereocenters. The Kier molecular flexibility index (Phi) is 8.81. The third-order valence-corrected chi connectivity index (χ3v) is 9.61. The molecule has 236 valence electrons. The monoisotopic (exact) mass is 661 g/mol. The van der Waals surface area contributed by atoms with E-state index in [-0.39, 0.29) is 30.1 Å². The van der Waals surface area contributed by atoms with Crippen molar-refractivity contribution in [1.82, 2.24) is 10.2 Å². The first-order valence-corrected chi connectivity index (χ1v) is 16.3. The zero-order valence-corrected chi connectivity index (χ0v) is 26.1. The molecule has 1 saturated heterocycles. The first-order chi connectivity index (χ1) is 22.2. The summed E-state index contributed by atoms with van der Waals surface area (Å²) in [6.07, 6.45) is 3.20. The Bertz CT molecular complexity index is 1940. The minimum atomic E-state index is -1.66. The second-order valence-electron chi connectivity index (χ2n) is 10.3. The predicted octanol–water partition coefficient (Wildman–Crippen LogP) is 2.13. The molecule has 0 radical (unpaired) electrons. The molecule has 1 N–H and O–H groups in total. The molecule has 2 amide bonds. The number of hydrogen-bond acceptors (Lipinski definition) is 11. The van der Waals surface area contributed by atoms with Gasteiger partial charge < -0.3 is 24.3 Å². The minimum absolute atomic E-state index is 0.0558. The van der Waals surface area contributed by atoms with Gasteiger partial charge >= 0.3 is 11.9 Å². The summed E-state index contributed by atoms with van der Waals surface area (Å²) in [5.41, 5.74) is 0.763.